The molecule has 0 radical (unpaired) electrons. The van der Waals surface area contributed by atoms with E-state index in [0.29, 0.717) is 5.89 Å². The lowest BCUT2D eigenvalue weighted by Gasteiger charge is -2.67. The summed E-state index contributed by atoms with van der Waals surface area (Å²) in [6, 6.07) is 8.51. The Morgan fingerprint density at radius 1 is 1.04 bits per heavy atom. The van der Waals surface area contributed by atoms with E-state index in [0.717, 1.165) is 57.0 Å². The number of anilines is 1. The zero-order valence-electron chi connectivity index (χ0n) is 14.1. The molecule has 0 unspecified atom stereocenters. The predicted octanol–water partition coefficient (Wildman–Crippen LogP) is 2.21. The summed E-state index contributed by atoms with van der Waals surface area (Å²) in [5.74, 6) is 1.38. The Bertz CT molecular complexity index is 785. The van der Waals surface area contributed by atoms with E-state index in [1.807, 2.05) is 12.2 Å². The van der Waals surface area contributed by atoms with Crippen LogP contribution in [0.1, 0.15) is 36.5 Å². The van der Waals surface area contributed by atoms with Gasteiger partial charge in [-0.15, -0.1) is 0 Å². The first kappa shape index (κ1) is 15.1. The third-order valence-electron chi connectivity index (χ3n) is 5.68. The first-order valence-electron chi connectivity index (χ1n) is 8.88. The summed E-state index contributed by atoms with van der Waals surface area (Å²) in [6.07, 6.45) is 6.86. The molecular weight excluding hydrogens is 316 g/mol. The van der Waals surface area contributed by atoms with E-state index in [2.05, 4.69) is 39.3 Å². The molecule has 6 nitrogen and oxygen atoms in total. The molecule has 3 aliphatic carbocycles. The maximum atomic E-state index is 6.11. The van der Waals surface area contributed by atoms with Gasteiger partial charge in [0.15, 0.2) is 5.82 Å². The van der Waals surface area contributed by atoms with Crippen molar-refractivity contribution in [1.29, 1.82) is 0 Å². The fraction of sp³-hybridized carbons (Fsp3) is 0.474. The van der Waals surface area contributed by atoms with Crippen molar-refractivity contribution in [2.24, 2.45) is 5.73 Å². The van der Waals surface area contributed by atoms with Crippen molar-refractivity contribution in [3.8, 4) is 0 Å². The van der Waals surface area contributed by atoms with Gasteiger partial charge in [-0.2, -0.15) is 4.98 Å². The maximum Gasteiger partial charge on any atom is 0.250 e. The second kappa shape index (κ2) is 5.41. The first-order chi connectivity index (χ1) is 12.1. The summed E-state index contributed by atoms with van der Waals surface area (Å²) in [5.41, 5.74) is 8.61. The molecule has 2 aromatic rings. The zero-order valence-corrected chi connectivity index (χ0v) is 14.1. The molecule has 0 spiro atoms. The van der Waals surface area contributed by atoms with Crippen molar-refractivity contribution in [3.63, 3.8) is 0 Å². The molecule has 6 heteroatoms. The van der Waals surface area contributed by atoms with Gasteiger partial charge in [0.25, 0.3) is 5.89 Å². The quantitative estimate of drug-likeness (QED) is 0.921. The normalized spacial score (nSPS) is 31.0. The van der Waals surface area contributed by atoms with Crippen molar-refractivity contribution in [3.05, 3.63) is 41.5 Å². The van der Waals surface area contributed by atoms with Crippen LogP contribution < -0.4 is 10.6 Å². The van der Waals surface area contributed by atoms with Crippen molar-refractivity contribution < 1.29 is 9.26 Å². The van der Waals surface area contributed by atoms with E-state index in [1.165, 1.54) is 5.69 Å². The van der Waals surface area contributed by atoms with Crippen LogP contribution in [-0.2, 0) is 10.2 Å². The van der Waals surface area contributed by atoms with Crippen molar-refractivity contribution >= 4 is 17.8 Å². The van der Waals surface area contributed by atoms with Gasteiger partial charge in [-0.1, -0.05) is 17.3 Å². The number of rotatable bonds is 4. The van der Waals surface area contributed by atoms with E-state index in [-0.39, 0.29) is 11.0 Å². The number of benzene rings is 1. The SMILES string of the molecule is NC12CC(c3noc(/C=C/c4ccc(N5CCOCC5)cc4)n3)(C1)C2. The van der Waals surface area contributed by atoms with E-state index < -0.39 is 0 Å². The summed E-state index contributed by atoms with van der Waals surface area (Å²) in [5, 5.41) is 4.16. The summed E-state index contributed by atoms with van der Waals surface area (Å²) < 4.78 is 10.8. The molecule has 1 saturated heterocycles. The number of nitrogens with two attached hydrogens (primary N) is 1. The van der Waals surface area contributed by atoms with Gasteiger partial charge in [-0.05, 0) is 43.0 Å². The highest BCUT2D eigenvalue weighted by Gasteiger charge is 2.68. The lowest BCUT2D eigenvalue weighted by atomic mass is 9.39. The number of hydrogen-bond acceptors (Lipinski definition) is 6. The molecular formula is C19H22N4O2. The van der Waals surface area contributed by atoms with Crippen LogP contribution in [0.15, 0.2) is 28.8 Å². The van der Waals surface area contributed by atoms with Crippen LogP contribution in [0.25, 0.3) is 12.2 Å². The Morgan fingerprint density at radius 3 is 2.44 bits per heavy atom. The molecule has 1 aliphatic heterocycles. The molecule has 130 valence electrons. The van der Waals surface area contributed by atoms with Gasteiger partial charge in [0.05, 0.1) is 13.2 Å². The van der Waals surface area contributed by atoms with Gasteiger partial charge in [0, 0.05) is 35.8 Å². The smallest absolute Gasteiger partial charge is 0.250 e. The van der Waals surface area contributed by atoms with E-state index >= 15 is 0 Å². The zero-order chi connectivity index (χ0) is 16.9. The second-order valence-corrected chi connectivity index (χ2v) is 7.65. The summed E-state index contributed by atoms with van der Waals surface area (Å²) in [7, 11) is 0. The Kier molecular flexibility index (Phi) is 3.27. The van der Waals surface area contributed by atoms with Gasteiger partial charge in [0.2, 0.25) is 0 Å². The second-order valence-electron chi connectivity index (χ2n) is 7.65. The topological polar surface area (TPSA) is 77.4 Å². The summed E-state index contributed by atoms with van der Waals surface area (Å²) >= 11 is 0. The Labute approximate surface area is 146 Å². The minimum Gasteiger partial charge on any atom is -0.378 e. The van der Waals surface area contributed by atoms with Crippen LogP contribution in [0.2, 0.25) is 0 Å². The van der Waals surface area contributed by atoms with Crippen LogP contribution >= 0.6 is 0 Å². The number of aromatic nitrogens is 2. The molecule has 6 rings (SSSR count). The largest absolute Gasteiger partial charge is 0.378 e. The molecule has 25 heavy (non-hydrogen) atoms. The van der Waals surface area contributed by atoms with Gasteiger partial charge in [0.1, 0.15) is 0 Å². The summed E-state index contributed by atoms with van der Waals surface area (Å²) in [4.78, 5) is 6.88. The number of ether oxygens (including phenoxy) is 1. The molecule has 1 aromatic carbocycles. The van der Waals surface area contributed by atoms with E-state index in [4.69, 9.17) is 15.0 Å². The van der Waals surface area contributed by atoms with Crippen molar-refractivity contribution in [1.82, 2.24) is 10.1 Å². The molecule has 1 aromatic heterocycles. The fourth-order valence-electron chi connectivity index (χ4n) is 4.41. The fourth-order valence-corrected chi connectivity index (χ4v) is 4.41. The van der Waals surface area contributed by atoms with Crippen molar-refractivity contribution in [2.45, 2.75) is 30.2 Å². The molecule has 0 amide bonds. The minimum atomic E-state index is 0.0544. The van der Waals surface area contributed by atoms with Gasteiger partial charge in [-0.3, -0.25) is 0 Å². The molecule has 3 saturated carbocycles. The molecule has 4 aliphatic rings. The maximum absolute atomic E-state index is 6.11. The lowest BCUT2D eigenvalue weighted by Crippen LogP contribution is -2.74. The molecule has 2 N–H and O–H groups in total. The number of hydrogen-bond donors (Lipinski definition) is 1. The third kappa shape index (κ3) is 2.56. The Balaban J connectivity index is 1.25. The first-order valence-corrected chi connectivity index (χ1v) is 8.88. The van der Waals surface area contributed by atoms with Gasteiger partial charge in [-0.25, -0.2) is 0 Å². The van der Waals surface area contributed by atoms with Crippen molar-refractivity contribution in [2.75, 3.05) is 31.2 Å². The third-order valence-corrected chi connectivity index (χ3v) is 5.68. The molecule has 2 bridgehead atoms. The molecule has 2 heterocycles. The highest BCUT2D eigenvalue weighted by Crippen LogP contribution is 2.65. The lowest BCUT2D eigenvalue weighted by molar-refractivity contribution is -0.0664. The minimum absolute atomic E-state index is 0.0544. The van der Waals surface area contributed by atoms with Gasteiger partial charge >= 0.3 is 0 Å². The predicted molar refractivity (Wildman–Crippen MR) is 95.1 cm³/mol. The van der Waals surface area contributed by atoms with Gasteiger partial charge < -0.3 is 19.9 Å². The number of nitrogens with zero attached hydrogens (tertiary/aromatic N) is 3. The van der Waals surface area contributed by atoms with Crippen LogP contribution in [0.5, 0.6) is 0 Å². The van der Waals surface area contributed by atoms with Crippen LogP contribution in [-0.4, -0.2) is 42.0 Å². The summed E-state index contributed by atoms with van der Waals surface area (Å²) in [6.45, 7) is 3.50. The Hall–Kier alpha value is -2.18. The molecule has 0 atom stereocenters. The van der Waals surface area contributed by atoms with Crippen LogP contribution in [0.3, 0.4) is 0 Å². The average Bonchev–Trinajstić information content (AvgIpc) is 3.06. The molecule has 4 fully saturated rings. The highest BCUT2D eigenvalue weighted by atomic mass is 16.5. The number of morpholine rings is 1. The highest BCUT2D eigenvalue weighted by molar-refractivity contribution is 5.67. The average molecular weight is 338 g/mol. The van der Waals surface area contributed by atoms with Crippen LogP contribution in [0.4, 0.5) is 5.69 Å². The monoisotopic (exact) mass is 338 g/mol. The standard InChI is InChI=1S/C19H22N4O2/c20-19-11-18(12-19,13-19)17-21-16(25-22-17)6-3-14-1-4-15(5-2-14)23-7-9-24-10-8-23/h1-6H,7-13,20H2/b6-3+. The van der Waals surface area contributed by atoms with E-state index in [9.17, 15) is 0 Å². The Morgan fingerprint density at radius 2 is 1.76 bits per heavy atom. The van der Waals surface area contributed by atoms with Crippen LogP contribution in [0, 0.1) is 0 Å². The van der Waals surface area contributed by atoms with E-state index in [1.54, 1.807) is 0 Å².